The Bertz CT molecular complexity index is 646. The van der Waals surface area contributed by atoms with Gasteiger partial charge in [-0.25, -0.2) is 4.79 Å². The Labute approximate surface area is 112 Å². The quantitative estimate of drug-likeness (QED) is 0.622. The van der Waals surface area contributed by atoms with Gasteiger partial charge in [-0.05, 0) is 22.5 Å². The van der Waals surface area contributed by atoms with Gasteiger partial charge in [-0.3, -0.25) is 0 Å². The van der Waals surface area contributed by atoms with Gasteiger partial charge < -0.3 is 4.42 Å². The van der Waals surface area contributed by atoms with Crippen LogP contribution in [0.2, 0.25) is 0 Å². The van der Waals surface area contributed by atoms with Crippen molar-refractivity contribution in [2.24, 2.45) is 0 Å². The minimum absolute atomic E-state index is 0.247. The second kappa shape index (κ2) is 5.19. The number of hydrogen-bond donors (Lipinski definition) is 0. The molecule has 0 fully saturated rings. The largest absolute Gasteiger partial charge is 0.438 e. The van der Waals surface area contributed by atoms with Crippen molar-refractivity contribution in [1.82, 2.24) is 9.78 Å². The zero-order valence-corrected chi connectivity index (χ0v) is 11.3. The zero-order valence-electron chi connectivity index (χ0n) is 9.11. The normalized spacial score (nSPS) is 9.76. The van der Waals surface area contributed by atoms with Crippen LogP contribution in [-0.4, -0.2) is 9.78 Å². The number of aromatic nitrogens is 2. The van der Waals surface area contributed by atoms with Gasteiger partial charge in [0.15, 0.2) is 0 Å². The molecule has 0 unspecified atom stereocenters. The van der Waals surface area contributed by atoms with E-state index < -0.39 is 5.76 Å². The summed E-state index contributed by atoms with van der Waals surface area (Å²) in [6, 6.07) is 7.62. The molecule has 0 radical (unpaired) electrons. The summed E-state index contributed by atoms with van der Waals surface area (Å²) in [5.41, 5.74) is 1.84. The molecule has 0 amide bonds. The van der Waals surface area contributed by atoms with E-state index in [9.17, 15) is 4.79 Å². The van der Waals surface area contributed by atoms with E-state index in [-0.39, 0.29) is 6.54 Å². The average Bonchev–Trinajstić information content (AvgIpc) is 2.68. The smallest absolute Gasteiger partial charge is 0.388 e. The molecule has 1 aromatic heterocycles. The highest BCUT2D eigenvalue weighted by atomic mass is 127. The van der Waals surface area contributed by atoms with E-state index in [0.717, 1.165) is 11.1 Å². The van der Waals surface area contributed by atoms with Crippen LogP contribution in [0.15, 0.2) is 33.5 Å². The summed E-state index contributed by atoms with van der Waals surface area (Å²) in [4.78, 5) is 11.5. The van der Waals surface area contributed by atoms with Crippen LogP contribution in [0.4, 0.5) is 0 Å². The minimum Gasteiger partial charge on any atom is -0.388 e. The summed E-state index contributed by atoms with van der Waals surface area (Å²) in [6.07, 6.45) is 0. The first-order chi connectivity index (χ1) is 8.22. The zero-order chi connectivity index (χ0) is 12.3. The van der Waals surface area contributed by atoms with Crippen LogP contribution < -0.4 is 5.76 Å². The minimum atomic E-state index is -0.484. The average molecular weight is 340 g/mol. The van der Waals surface area contributed by atoms with E-state index in [0.29, 0.717) is 5.89 Å². The Morgan fingerprint density at radius 1 is 1.47 bits per heavy atom. The van der Waals surface area contributed by atoms with Crippen molar-refractivity contribution in [1.29, 1.82) is 0 Å². The summed E-state index contributed by atoms with van der Waals surface area (Å²) in [5, 5.41) is 4.11. The topological polar surface area (TPSA) is 48.0 Å². The lowest BCUT2D eigenvalue weighted by Crippen LogP contribution is -2.14. The molecule has 0 aliphatic rings. The summed E-state index contributed by atoms with van der Waals surface area (Å²) in [6.45, 7) is 2.19. The molecule has 0 atom stereocenters. The van der Waals surface area contributed by atoms with Crippen LogP contribution in [0.3, 0.4) is 0 Å². The van der Waals surface area contributed by atoms with Crippen molar-refractivity contribution >= 4 is 22.6 Å². The molecule has 0 saturated heterocycles. The highest BCUT2D eigenvalue weighted by Crippen LogP contribution is 2.19. The van der Waals surface area contributed by atoms with Crippen molar-refractivity contribution in [3.63, 3.8) is 0 Å². The first-order valence-electron chi connectivity index (χ1n) is 4.95. The van der Waals surface area contributed by atoms with Gasteiger partial charge in [0.05, 0.1) is 0 Å². The van der Waals surface area contributed by atoms with E-state index in [1.54, 1.807) is 0 Å². The second-order valence-electron chi connectivity index (χ2n) is 3.42. The first kappa shape index (κ1) is 11.9. The molecule has 5 heteroatoms. The molecule has 1 aromatic carbocycles. The summed E-state index contributed by atoms with van der Waals surface area (Å²) in [7, 11) is 0. The highest BCUT2D eigenvalue weighted by Gasteiger charge is 2.10. The van der Waals surface area contributed by atoms with E-state index >= 15 is 0 Å². The third-order valence-electron chi connectivity index (χ3n) is 2.28. The van der Waals surface area contributed by atoms with E-state index in [1.165, 1.54) is 4.68 Å². The number of hydrogen-bond acceptors (Lipinski definition) is 3. The molecule has 4 nitrogen and oxygen atoms in total. The van der Waals surface area contributed by atoms with Gasteiger partial charge in [-0.15, -0.1) is 5.10 Å². The van der Waals surface area contributed by atoms with Crippen LogP contribution >= 0.6 is 22.6 Å². The Morgan fingerprint density at radius 3 is 2.94 bits per heavy atom. The third kappa shape index (κ3) is 2.58. The van der Waals surface area contributed by atoms with Gasteiger partial charge in [0.25, 0.3) is 0 Å². The number of aryl methyl sites for hydroxylation is 1. The van der Waals surface area contributed by atoms with Gasteiger partial charge in [-0.1, -0.05) is 24.1 Å². The molecule has 2 aromatic rings. The van der Waals surface area contributed by atoms with Gasteiger partial charge in [-0.2, -0.15) is 4.68 Å². The van der Waals surface area contributed by atoms with Gasteiger partial charge in [0, 0.05) is 28.2 Å². The predicted octanol–water partition coefficient (Wildman–Crippen LogP) is 2.21. The third-order valence-corrected chi connectivity index (χ3v) is 2.66. The van der Waals surface area contributed by atoms with Crippen molar-refractivity contribution in [3.05, 3.63) is 40.4 Å². The molecule has 0 aliphatic heterocycles. The standard InChI is InChI=1S/C12H9IN2O2/c1-9-5-2-3-6-10(9)11-14-15(8-4-7-13)12(16)17-11/h2-3,5-6H,8H2,1H3. The molecule has 1 heterocycles. The van der Waals surface area contributed by atoms with Gasteiger partial charge in [0.2, 0.25) is 5.89 Å². The molecule has 86 valence electrons. The van der Waals surface area contributed by atoms with Gasteiger partial charge in [0.1, 0.15) is 6.54 Å². The number of halogens is 1. The molecular formula is C12H9IN2O2. The summed E-state index contributed by atoms with van der Waals surface area (Å²) < 4.78 is 9.00. The second-order valence-corrected chi connectivity index (χ2v) is 3.96. The predicted molar refractivity (Wildman–Crippen MR) is 72.7 cm³/mol. The maximum absolute atomic E-state index is 11.5. The SMILES string of the molecule is Cc1ccccc1-c1nn(CC#CI)c(=O)o1. The fraction of sp³-hybridized carbons (Fsp3) is 0.167. The molecule has 0 spiro atoms. The molecule has 0 N–H and O–H groups in total. The van der Waals surface area contributed by atoms with Crippen LogP contribution in [-0.2, 0) is 6.54 Å². The Morgan fingerprint density at radius 2 is 2.24 bits per heavy atom. The molecule has 2 rings (SSSR count). The Balaban J connectivity index is 2.44. The summed E-state index contributed by atoms with van der Waals surface area (Å²) in [5.74, 6) is 2.61. The monoisotopic (exact) mass is 340 g/mol. The lowest BCUT2D eigenvalue weighted by atomic mass is 10.1. The number of rotatable bonds is 2. The number of nitrogens with zero attached hydrogens (tertiary/aromatic N) is 2. The molecule has 0 bridgehead atoms. The fourth-order valence-corrected chi connectivity index (χ4v) is 1.60. The van der Waals surface area contributed by atoms with Crippen LogP contribution in [0.25, 0.3) is 11.5 Å². The first-order valence-corrected chi connectivity index (χ1v) is 6.02. The van der Waals surface area contributed by atoms with E-state index in [2.05, 4.69) is 14.9 Å². The Hall–Kier alpha value is -1.55. The van der Waals surface area contributed by atoms with Crippen molar-refractivity contribution in [3.8, 4) is 21.3 Å². The van der Waals surface area contributed by atoms with Crippen LogP contribution in [0.1, 0.15) is 5.56 Å². The van der Waals surface area contributed by atoms with Gasteiger partial charge >= 0.3 is 5.76 Å². The molecular weight excluding hydrogens is 331 g/mol. The summed E-state index contributed by atoms with van der Waals surface area (Å²) >= 11 is 1.91. The molecule has 0 saturated carbocycles. The maximum Gasteiger partial charge on any atom is 0.438 e. The molecule has 17 heavy (non-hydrogen) atoms. The highest BCUT2D eigenvalue weighted by molar-refractivity contribution is 14.1. The lowest BCUT2D eigenvalue weighted by molar-refractivity contribution is 0.498. The van der Waals surface area contributed by atoms with Crippen LogP contribution in [0, 0.1) is 16.8 Å². The lowest BCUT2D eigenvalue weighted by Gasteiger charge is -1.98. The maximum atomic E-state index is 11.5. The van der Waals surface area contributed by atoms with Crippen molar-refractivity contribution in [2.75, 3.05) is 0 Å². The van der Waals surface area contributed by atoms with Crippen molar-refractivity contribution in [2.45, 2.75) is 13.5 Å². The number of benzene rings is 1. The van der Waals surface area contributed by atoms with Crippen molar-refractivity contribution < 1.29 is 4.42 Å². The molecule has 0 aliphatic carbocycles. The van der Waals surface area contributed by atoms with E-state index in [4.69, 9.17) is 4.42 Å². The van der Waals surface area contributed by atoms with Crippen LogP contribution in [0.5, 0.6) is 0 Å². The van der Waals surface area contributed by atoms with E-state index in [1.807, 2.05) is 53.8 Å². The Kier molecular flexibility index (Phi) is 3.64. The fourth-order valence-electron chi connectivity index (χ4n) is 1.43.